The fraction of sp³-hybridized carbons (Fsp3) is 0.500. The number of ether oxygens (including phenoxy) is 2. The van der Waals surface area contributed by atoms with E-state index in [0.29, 0.717) is 36.2 Å². The summed E-state index contributed by atoms with van der Waals surface area (Å²) in [7, 11) is 1.71. The lowest BCUT2D eigenvalue weighted by atomic mass is 9.78. The molecule has 0 unspecified atom stereocenters. The smallest absolute Gasteiger partial charge is 0.338 e. The fourth-order valence-electron chi connectivity index (χ4n) is 5.73. The highest BCUT2D eigenvalue weighted by molar-refractivity contribution is 6.04. The Morgan fingerprint density at radius 3 is 2.38 bits per heavy atom. The van der Waals surface area contributed by atoms with E-state index in [1.807, 2.05) is 36.9 Å². The SMILES string of the molecule is COc1ccc([C@H]2CC[C@H](CN(C(=O)CC(C)(C)C)c3nccc4cc(C(=O)OC(C)C)ccc34)CC2)cc1C. The maximum Gasteiger partial charge on any atom is 0.338 e. The molecular weight excluding hydrogens is 500 g/mol. The summed E-state index contributed by atoms with van der Waals surface area (Å²) in [5.41, 5.74) is 2.90. The van der Waals surface area contributed by atoms with Crippen molar-refractivity contribution < 1.29 is 19.1 Å². The van der Waals surface area contributed by atoms with Crippen molar-refractivity contribution >= 4 is 28.5 Å². The van der Waals surface area contributed by atoms with Crippen LogP contribution in [0.1, 0.15) is 94.1 Å². The number of hydrogen-bond acceptors (Lipinski definition) is 5. The van der Waals surface area contributed by atoms with E-state index >= 15 is 0 Å². The van der Waals surface area contributed by atoms with Crippen LogP contribution >= 0.6 is 0 Å². The van der Waals surface area contributed by atoms with Gasteiger partial charge in [0, 0.05) is 24.5 Å². The number of nitrogens with zero attached hydrogens (tertiary/aromatic N) is 2. The molecular formula is C34H44N2O4. The first-order chi connectivity index (χ1) is 18.9. The van der Waals surface area contributed by atoms with Crippen molar-refractivity contribution in [3.63, 3.8) is 0 Å². The van der Waals surface area contributed by atoms with E-state index < -0.39 is 0 Å². The van der Waals surface area contributed by atoms with Crippen LogP contribution in [-0.2, 0) is 9.53 Å². The van der Waals surface area contributed by atoms with Gasteiger partial charge in [-0.2, -0.15) is 0 Å². The highest BCUT2D eigenvalue weighted by Crippen LogP contribution is 2.39. The predicted octanol–water partition coefficient (Wildman–Crippen LogP) is 7.86. The number of anilines is 1. The van der Waals surface area contributed by atoms with Gasteiger partial charge < -0.3 is 9.47 Å². The van der Waals surface area contributed by atoms with Gasteiger partial charge in [-0.25, -0.2) is 9.78 Å². The number of hydrogen-bond donors (Lipinski definition) is 0. The Balaban J connectivity index is 1.57. The first kappa shape index (κ1) is 29.6. The Morgan fingerprint density at radius 1 is 1.02 bits per heavy atom. The third kappa shape index (κ3) is 7.21. The summed E-state index contributed by atoms with van der Waals surface area (Å²) < 4.78 is 10.8. The lowest BCUT2D eigenvalue weighted by Crippen LogP contribution is -2.39. The fourth-order valence-corrected chi connectivity index (χ4v) is 5.73. The van der Waals surface area contributed by atoms with E-state index in [1.54, 1.807) is 19.4 Å². The quantitative estimate of drug-likeness (QED) is 0.270. The number of pyridine rings is 1. The highest BCUT2D eigenvalue weighted by Gasteiger charge is 2.30. The summed E-state index contributed by atoms with van der Waals surface area (Å²) in [5, 5.41) is 1.74. The molecule has 0 saturated heterocycles. The summed E-state index contributed by atoms with van der Waals surface area (Å²) in [6.07, 6.45) is 6.30. The molecule has 1 heterocycles. The summed E-state index contributed by atoms with van der Waals surface area (Å²) >= 11 is 0. The number of benzene rings is 2. The first-order valence-corrected chi connectivity index (χ1v) is 14.5. The monoisotopic (exact) mass is 544 g/mol. The molecule has 40 heavy (non-hydrogen) atoms. The topological polar surface area (TPSA) is 68.7 Å². The van der Waals surface area contributed by atoms with E-state index in [9.17, 15) is 9.59 Å². The molecule has 0 spiro atoms. The molecule has 1 aliphatic carbocycles. The minimum atomic E-state index is -0.347. The highest BCUT2D eigenvalue weighted by atomic mass is 16.5. The van der Waals surface area contributed by atoms with Crippen LogP contribution in [0.3, 0.4) is 0 Å². The lowest BCUT2D eigenvalue weighted by Gasteiger charge is -2.34. The van der Waals surface area contributed by atoms with Crippen LogP contribution in [0, 0.1) is 18.3 Å². The summed E-state index contributed by atoms with van der Waals surface area (Å²) in [5.74, 6) is 2.26. The number of carbonyl (C=O) groups excluding carboxylic acids is 2. The van der Waals surface area contributed by atoms with Crippen LogP contribution < -0.4 is 9.64 Å². The first-order valence-electron chi connectivity index (χ1n) is 14.5. The molecule has 0 radical (unpaired) electrons. The second kappa shape index (κ2) is 12.4. The molecule has 0 N–H and O–H groups in total. The van der Waals surface area contributed by atoms with Crippen LogP contribution in [0.4, 0.5) is 5.82 Å². The van der Waals surface area contributed by atoms with Crippen molar-refractivity contribution in [3.05, 3.63) is 65.4 Å². The van der Waals surface area contributed by atoms with Crippen LogP contribution in [0.25, 0.3) is 10.8 Å². The van der Waals surface area contributed by atoms with Crippen molar-refractivity contribution in [2.24, 2.45) is 11.3 Å². The zero-order valence-electron chi connectivity index (χ0n) is 25.1. The lowest BCUT2D eigenvalue weighted by molar-refractivity contribution is -0.120. The van der Waals surface area contributed by atoms with Crippen LogP contribution in [0.5, 0.6) is 5.75 Å². The molecule has 0 aliphatic heterocycles. The van der Waals surface area contributed by atoms with Crippen LogP contribution in [-0.4, -0.2) is 36.6 Å². The van der Waals surface area contributed by atoms with Crippen molar-refractivity contribution in [1.82, 2.24) is 4.98 Å². The number of fused-ring (bicyclic) bond motifs is 1. The number of esters is 1. The van der Waals surface area contributed by atoms with Gasteiger partial charge in [0.05, 0.1) is 18.8 Å². The minimum absolute atomic E-state index is 0.0868. The summed E-state index contributed by atoms with van der Waals surface area (Å²) in [4.78, 5) is 32.9. The molecule has 1 aromatic heterocycles. The van der Waals surface area contributed by atoms with Crippen molar-refractivity contribution in [2.45, 2.75) is 85.7 Å². The van der Waals surface area contributed by atoms with E-state index in [-0.39, 0.29) is 23.4 Å². The molecule has 1 aliphatic rings. The Morgan fingerprint density at radius 2 is 1.75 bits per heavy atom. The minimum Gasteiger partial charge on any atom is -0.496 e. The van der Waals surface area contributed by atoms with E-state index in [2.05, 4.69) is 45.9 Å². The van der Waals surface area contributed by atoms with Crippen molar-refractivity contribution in [2.75, 3.05) is 18.6 Å². The number of carbonyl (C=O) groups is 2. The van der Waals surface area contributed by atoms with Gasteiger partial charge in [0.15, 0.2) is 0 Å². The molecule has 1 amide bonds. The number of aromatic nitrogens is 1. The maximum atomic E-state index is 13.8. The summed E-state index contributed by atoms with van der Waals surface area (Å²) in [6.45, 7) is 12.7. The second-order valence-corrected chi connectivity index (χ2v) is 12.7. The molecule has 0 bridgehead atoms. The Kier molecular flexibility index (Phi) is 9.17. The normalized spacial score (nSPS) is 17.6. The molecule has 214 valence electrons. The maximum absolute atomic E-state index is 13.8. The zero-order valence-corrected chi connectivity index (χ0v) is 25.1. The van der Waals surface area contributed by atoms with Gasteiger partial charge >= 0.3 is 5.97 Å². The standard InChI is InChI=1S/C34H44N2O4/c1-22(2)40-33(38)28-12-14-29-27(19-28)16-17-35-32(29)36(31(37)20-34(4,5)6)21-24-8-10-25(11-9-24)26-13-15-30(39-7)23(3)18-26/h12-19,22,24-25H,8-11,20-21H2,1-7H3/t24-,25-. The third-order valence-corrected chi connectivity index (χ3v) is 7.74. The molecule has 4 rings (SSSR count). The van der Waals surface area contributed by atoms with Gasteiger partial charge in [-0.1, -0.05) is 32.9 Å². The number of rotatable bonds is 8. The van der Waals surface area contributed by atoms with Crippen LogP contribution in [0.2, 0.25) is 0 Å². The Labute approximate surface area is 239 Å². The third-order valence-electron chi connectivity index (χ3n) is 7.74. The number of methoxy groups -OCH3 is 1. The molecule has 1 saturated carbocycles. The molecule has 6 heteroatoms. The molecule has 0 atom stereocenters. The Hall–Kier alpha value is -3.41. The van der Waals surface area contributed by atoms with Crippen molar-refractivity contribution in [1.29, 1.82) is 0 Å². The molecule has 6 nitrogen and oxygen atoms in total. The van der Waals surface area contributed by atoms with Gasteiger partial charge in [0.1, 0.15) is 11.6 Å². The predicted molar refractivity (Wildman–Crippen MR) is 161 cm³/mol. The molecule has 3 aromatic rings. The van der Waals surface area contributed by atoms with Crippen molar-refractivity contribution in [3.8, 4) is 5.75 Å². The number of aryl methyl sites for hydroxylation is 1. The molecule has 2 aromatic carbocycles. The van der Waals surface area contributed by atoms with Gasteiger partial charge in [-0.3, -0.25) is 9.69 Å². The van der Waals surface area contributed by atoms with Gasteiger partial charge in [-0.15, -0.1) is 0 Å². The van der Waals surface area contributed by atoms with E-state index in [4.69, 9.17) is 14.5 Å². The average molecular weight is 545 g/mol. The van der Waals surface area contributed by atoms with Gasteiger partial charge in [0.2, 0.25) is 5.91 Å². The number of amides is 1. The largest absolute Gasteiger partial charge is 0.496 e. The zero-order chi connectivity index (χ0) is 29.0. The summed E-state index contributed by atoms with van der Waals surface area (Å²) in [6, 6.07) is 13.9. The van der Waals surface area contributed by atoms with E-state index in [0.717, 1.165) is 42.2 Å². The van der Waals surface area contributed by atoms with E-state index in [1.165, 1.54) is 11.1 Å². The average Bonchev–Trinajstić information content (AvgIpc) is 2.90. The Bertz CT molecular complexity index is 1350. The molecule has 1 fully saturated rings. The van der Waals surface area contributed by atoms with Crippen LogP contribution in [0.15, 0.2) is 48.7 Å². The van der Waals surface area contributed by atoms with Gasteiger partial charge in [-0.05, 0) is 111 Å². The second-order valence-electron chi connectivity index (χ2n) is 12.7. The van der Waals surface area contributed by atoms with Gasteiger partial charge in [0.25, 0.3) is 0 Å².